The molecule has 3 aromatic rings. The molecule has 154 valence electrons. The van der Waals surface area contributed by atoms with E-state index in [9.17, 15) is 13.6 Å². The third kappa shape index (κ3) is 3.38. The van der Waals surface area contributed by atoms with Gasteiger partial charge in [0.05, 0.1) is 26.7 Å². The maximum absolute atomic E-state index is 14.3. The summed E-state index contributed by atoms with van der Waals surface area (Å²) in [4.78, 5) is 14.8. The average molecular weight is 409 g/mol. The molecule has 0 bridgehead atoms. The van der Waals surface area contributed by atoms with Crippen LogP contribution >= 0.6 is 0 Å². The predicted octanol–water partition coefficient (Wildman–Crippen LogP) is 4.97. The number of carbonyl (C=O) groups is 1. The second-order valence-electron chi connectivity index (χ2n) is 7.23. The SMILES string of the molecule is COc1cc2c(cc1OC)[C@@H](c1ccc(F)cc1)N(c1ccc(C)c(F)c1)C(=O)C2. The lowest BCUT2D eigenvalue weighted by Gasteiger charge is -2.38. The van der Waals surface area contributed by atoms with E-state index >= 15 is 0 Å². The lowest BCUT2D eigenvalue weighted by Crippen LogP contribution is -2.41. The van der Waals surface area contributed by atoms with Gasteiger partial charge in [0.2, 0.25) is 5.91 Å². The number of carbonyl (C=O) groups excluding carboxylic acids is 1. The first-order valence-electron chi connectivity index (χ1n) is 9.51. The van der Waals surface area contributed by atoms with Crippen LogP contribution in [-0.4, -0.2) is 20.1 Å². The number of ether oxygens (including phenoxy) is 2. The Bertz CT molecular complexity index is 1110. The van der Waals surface area contributed by atoms with Crippen LogP contribution < -0.4 is 14.4 Å². The lowest BCUT2D eigenvalue weighted by atomic mass is 9.86. The van der Waals surface area contributed by atoms with Gasteiger partial charge in [-0.05, 0) is 65.6 Å². The number of amides is 1. The van der Waals surface area contributed by atoms with Gasteiger partial charge in [0.1, 0.15) is 11.6 Å². The summed E-state index contributed by atoms with van der Waals surface area (Å²) >= 11 is 0. The third-order valence-electron chi connectivity index (χ3n) is 5.43. The number of benzene rings is 3. The van der Waals surface area contributed by atoms with Crippen LogP contribution in [0.5, 0.6) is 11.5 Å². The Kier molecular flexibility index (Phi) is 5.16. The van der Waals surface area contributed by atoms with Crippen molar-refractivity contribution < 1.29 is 23.0 Å². The van der Waals surface area contributed by atoms with Crippen LogP contribution in [0.25, 0.3) is 0 Å². The van der Waals surface area contributed by atoms with Crippen LogP contribution in [0.1, 0.15) is 28.3 Å². The van der Waals surface area contributed by atoms with E-state index in [2.05, 4.69) is 0 Å². The zero-order valence-corrected chi connectivity index (χ0v) is 16.9. The predicted molar refractivity (Wildman–Crippen MR) is 110 cm³/mol. The molecule has 30 heavy (non-hydrogen) atoms. The molecular weight excluding hydrogens is 388 g/mol. The fourth-order valence-corrected chi connectivity index (χ4v) is 3.87. The fourth-order valence-electron chi connectivity index (χ4n) is 3.87. The average Bonchev–Trinajstić information content (AvgIpc) is 2.74. The Morgan fingerprint density at radius 1 is 0.933 bits per heavy atom. The number of nitrogens with zero attached hydrogens (tertiary/aromatic N) is 1. The molecule has 0 saturated heterocycles. The number of rotatable bonds is 4. The number of fused-ring (bicyclic) bond motifs is 1. The Morgan fingerprint density at radius 2 is 1.60 bits per heavy atom. The van der Waals surface area contributed by atoms with Gasteiger partial charge in [0, 0.05) is 5.69 Å². The van der Waals surface area contributed by atoms with E-state index in [-0.39, 0.29) is 18.1 Å². The molecule has 1 atom stereocenters. The van der Waals surface area contributed by atoms with Crippen LogP contribution in [-0.2, 0) is 11.2 Å². The number of halogens is 2. The van der Waals surface area contributed by atoms with E-state index in [1.807, 2.05) is 6.07 Å². The second kappa shape index (κ2) is 7.78. The molecule has 1 heterocycles. The summed E-state index contributed by atoms with van der Waals surface area (Å²) in [6.45, 7) is 1.67. The van der Waals surface area contributed by atoms with Crippen molar-refractivity contribution in [3.8, 4) is 11.5 Å². The summed E-state index contributed by atoms with van der Waals surface area (Å²) in [6, 6.07) is 13.7. The first-order chi connectivity index (χ1) is 14.4. The standard InChI is InChI=1S/C24H21F2NO3/c1-14-4-9-18(12-20(14)26)27-23(28)11-16-10-21(29-2)22(30-3)13-19(16)24(27)15-5-7-17(25)8-6-15/h4-10,12-13,24H,11H2,1-3H3/t24-/m1/s1. The van der Waals surface area contributed by atoms with E-state index in [0.717, 1.165) is 11.1 Å². The Balaban J connectivity index is 1.95. The van der Waals surface area contributed by atoms with Crippen LogP contribution in [0, 0.1) is 18.6 Å². The van der Waals surface area contributed by atoms with Crippen molar-refractivity contribution in [3.05, 3.63) is 88.5 Å². The molecule has 0 aliphatic carbocycles. The second-order valence-corrected chi connectivity index (χ2v) is 7.23. The summed E-state index contributed by atoms with van der Waals surface area (Å²) < 4.78 is 38.8. The molecule has 1 aliphatic rings. The van der Waals surface area contributed by atoms with Gasteiger partial charge in [-0.3, -0.25) is 4.79 Å². The van der Waals surface area contributed by atoms with Crippen molar-refractivity contribution >= 4 is 11.6 Å². The van der Waals surface area contributed by atoms with Gasteiger partial charge in [-0.25, -0.2) is 8.78 Å². The summed E-state index contributed by atoms with van der Waals surface area (Å²) in [6.07, 6.45) is 0.128. The van der Waals surface area contributed by atoms with Gasteiger partial charge in [0.15, 0.2) is 11.5 Å². The van der Waals surface area contributed by atoms with Crippen molar-refractivity contribution in [2.75, 3.05) is 19.1 Å². The van der Waals surface area contributed by atoms with Crippen LogP contribution in [0.2, 0.25) is 0 Å². The maximum Gasteiger partial charge on any atom is 0.232 e. The van der Waals surface area contributed by atoms with Crippen molar-refractivity contribution in [2.45, 2.75) is 19.4 Å². The van der Waals surface area contributed by atoms with E-state index in [0.29, 0.717) is 28.3 Å². The molecule has 0 spiro atoms. The van der Waals surface area contributed by atoms with Crippen molar-refractivity contribution in [1.29, 1.82) is 0 Å². The third-order valence-corrected chi connectivity index (χ3v) is 5.43. The number of hydrogen-bond acceptors (Lipinski definition) is 3. The minimum Gasteiger partial charge on any atom is -0.493 e. The van der Waals surface area contributed by atoms with Crippen LogP contribution in [0.15, 0.2) is 54.6 Å². The van der Waals surface area contributed by atoms with Crippen molar-refractivity contribution in [3.63, 3.8) is 0 Å². The van der Waals surface area contributed by atoms with Gasteiger partial charge < -0.3 is 14.4 Å². The largest absolute Gasteiger partial charge is 0.493 e. The van der Waals surface area contributed by atoms with Gasteiger partial charge in [-0.2, -0.15) is 0 Å². The summed E-state index contributed by atoms with van der Waals surface area (Å²) in [5.41, 5.74) is 3.25. The highest BCUT2D eigenvalue weighted by atomic mass is 19.1. The molecule has 6 heteroatoms. The molecule has 1 amide bonds. The van der Waals surface area contributed by atoms with Gasteiger partial charge >= 0.3 is 0 Å². The molecule has 3 aromatic carbocycles. The number of hydrogen-bond donors (Lipinski definition) is 0. The van der Waals surface area contributed by atoms with E-state index < -0.39 is 11.9 Å². The highest BCUT2D eigenvalue weighted by Crippen LogP contribution is 2.43. The van der Waals surface area contributed by atoms with Gasteiger partial charge in [0.25, 0.3) is 0 Å². The molecule has 0 aromatic heterocycles. The highest BCUT2D eigenvalue weighted by molar-refractivity contribution is 5.98. The Morgan fingerprint density at radius 3 is 2.23 bits per heavy atom. The van der Waals surface area contributed by atoms with E-state index in [4.69, 9.17) is 9.47 Å². The normalized spacial score (nSPS) is 15.7. The quantitative estimate of drug-likeness (QED) is 0.611. The fraction of sp³-hybridized carbons (Fsp3) is 0.208. The summed E-state index contributed by atoms with van der Waals surface area (Å²) in [5.74, 6) is 0.0920. The first-order valence-corrected chi connectivity index (χ1v) is 9.51. The van der Waals surface area contributed by atoms with Crippen LogP contribution in [0.4, 0.5) is 14.5 Å². The smallest absolute Gasteiger partial charge is 0.232 e. The highest BCUT2D eigenvalue weighted by Gasteiger charge is 2.36. The molecule has 0 radical (unpaired) electrons. The van der Waals surface area contributed by atoms with E-state index in [1.165, 1.54) is 32.4 Å². The first kappa shape index (κ1) is 19.9. The zero-order chi connectivity index (χ0) is 21.4. The minimum absolute atomic E-state index is 0.128. The number of methoxy groups -OCH3 is 2. The maximum atomic E-state index is 14.3. The molecule has 0 saturated carbocycles. The molecule has 0 unspecified atom stereocenters. The van der Waals surface area contributed by atoms with Crippen molar-refractivity contribution in [1.82, 2.24) is 0 Å². The Labute approximate surface area is 173 Å². The van der Waals surface area contributed by atoms with Crippen LogP contribution in [0.3, 0.4) is 0 Å². The Hall–Kier alpha value is -3.41. The topological polar surface area (TPSA) is 38.8 Å². The molecule has 1 aliphatic heterocycles. The molecule has 4 nitrogen and oxygen atoms in total. The van der Waals surface area contributed by atoms with Crippen molar-refractivity contribution in [2.24, 2.45) is 0 Å². The molecule has 4 rings (SSSR count). The minimum atomic E-state index is -0.566. The van der Waals surface area contributed by atoms with Gasteiger partial charge in [-0.15, -0.1) is 0 Å². The molecule has 0 fully saturated rings. The molecular formula is C24H21F2NO3. The number of anilines is 1. The lowest BCUT2D eigenvalue weighted by molar-refractivity contribution is -0.118. The summed E-state index contributed by atoms with van der Waals surface area (Å²) in [7, 11) is 3.08. The monoisotopic (exact) mass is 409 g/mol. The zero-order valence-electron chi connectivity index (χ0n) is 16.9. The summed E-state index contributed by atoms with van der Waals surface area (Å²) in [5, 5.41) is 0. The van der Waals surface area contributed by atoms with E-state index in [1.54, 1.807) is 42.2 Å². The van der Waals surface area contributed by atoms with Gasteiger partial charge in [-0.1, -0.05) is 18.2 Å². The number of aryl methyl sites for hydroxylation is 1. The molecule has 0 N–H and O–H groups in total.